The van der Waals surface area contributed by atoms with Gasteiger partial charge in [-0.3, -0.25) is 9.12 Å². The summed E-state index contributed by atoms with van der Waals surface area (Å²) in [4.78, 5) is 9.30. The minimum absolute atomic E-state index is 0.273. The van der Waals surface area contributed by atoms with Crippen LogP contribution in [-0.2, 0) is 17.8 Å². The van der Waals surface area contributed by atoms with Crippen LogP contribution in [0.15, 0.2) is 42.7 Å². The maximum atomic E-state index is 10.9. The Hall–Kier alpha value is -3.06. The number of hydrogen-bond acceptors (Lipinski definition) is 4. The summed E-state index contributed by atoms with van der Waals surface area (Å²) in [5.41, 5.74) is 4.98. The highest BCUT2D eigenvalue weighted by Crippen LogP contribution is 2.40. The molecule has 2 aromatic heterocycles. The molecule has 2 heterocycles. The molecule has 140 valence electrons. The molecule has 0 bridgehead atoms. The van der Waals surface area contributed by atoms with Crippen molar-refractivity contribution in [3.8, 4) is 12.0 Å². The molecular weight excluding hydrogens is 376 g/mol. The van der Waals surface area contributed by atoms with Crippen LogP contribution in [-0.4, -0.2) is 27.9 Å². The number of rotatable bonds is 5. The third kappa shape index (κ3) is 2.88. The molecule has 1 saturated carbocycles. The first-order chi connectivity index (χ1) is 13.6. The molecule has 0 aliphatic heterocycles. The molecule has 1 atom stereocenters. The van der Waals surface area contributed by atoms with Crippen LogP contribution in [0.3, 0.4) is 0 Å². The monoisotopic (exact) mass is 392 g/mol. The van der Waals surface area contributed by atoms with E-state index >= 15 is 0 Å². The second-order valence-electron chi connectivity index (χ2n) is 6.84. The summed E-state index contributed by atoms with van der Waals surface area (Å²) in [5, 5.41) is 9.25. The molecule has 0 amide bonds. The molecule has 1 unspecified atom stereocenters. The molecule has 2 N–H and O–H groups in total. The first-order valence-electron chi connectivity index (χ1n) is 8.87. The normalized spacial score (nSPS) is 15.1. The molecule has 8 nitrogen and oxygen atoms in total. The molecule has 9 heteroatoms. The second kappa shape index (κ2) is 6.53. The third-order valence-electron chi connectivity index (χ3n) is 4.94. The topological polar surface area (TPSA) is 109 Å². The quantitative estimate of drug-likeness (QED) is 0.508. The van der Waals surface area contributed by atoms with Crippen molar-refractivity contribution in [3.63, 3.8) is 0 Å². The molecule has 4 aromatic rings. The SMILES string of the molecule is N#Cc1ccc2nc(-n3cnc4ccc(CNS(=O)O)cc43)n(C3CC3)c2c1. The summed E-state index contributed by atoms with van der Waals surface area (Å²) in [5.74, 6) is 0.769. The zero-order chi connectivity index (χ0) is 19.3. The van der Waals surface area contributed by atoms with E-state index in [2.05, 4.69) is 20.3 Å². The summed E-state index contributed by atoms with van der Waals surface area (Å²) in [7, 11) is 0. The average molecular weight is 392 g/mol. The van der Waals surface area contributed by atoms with Gasteiger partial charge in [0.15, 0.2) is 0 Å². The molecule has 1 aliphatic carbocycles. The van der Waals surface area contributed by atoms with E-state index in [4.69, 9.17) is 9.54 Å². The van der Waals surface area contributed by atoms with Crippen LogP contribution in [0.25, 0.3) is 28.0 Å². The van der Waals surface area contributed by atoms with Crippen LogP contribution < -0.4 is 4.72 Å². The van der Waals surface area contributed by atoms with Gasteiger partial charge in [-0.1, -0.05) is 6.07 Å². The minimum atomic E-state index is -2.06. The highest BCUT2D eigenvalue weighted by Gasteiger charge is 2.29. The first kappa shape index (κ1) is 17.1. The molecule has 1 aliphatic rings. The van der Waals surface area contributed by atoms with E-state index in [1.165, 1.54) is 0 Å². The maximum Gasteiger partial charge on any atom is 0.232 e. The van der Waals surface area contributed by atoms with Crippen molar-refractivity contribution in [1.82, 2.24) is 23.8 Å². The lowest BCUT2D eigenvalue weighted by molar-refractivity contribution is 0.548. The Morgan fingerprint density at radius 3 is 2.79 bits per heavy atom. The van der Waals surface area contributed by atoms with Gasteiger partial charge in [-0.15, -0.1) is 0 Å². The van der Waals surface area contributed by atoms with E-state index < -0.39 is 11.3 Å². The Morgan fingerprint density at radius 1 is 1.21 bits per heavy atom. The molecular formula is C19H16N6O2S. The Bertz CT molecular complexity index is 1280. The smallest absolute Gasteiger partial charge is 0.232 e. The molecule has 0 spiro atoms. The summed E-state index contributed by atoms with van der Waals surface area (Å²) >= 11 is -2.06. The number of nitrogens with zero attached hydrogens (tertiary/aromatic N) is 5. The summed E-state index contributed by atoms with van der Waals surface area (Å²) in [6.45, 7) is 0.273. The molecule has 0 radical (unpaired) electrons. The number of nitriles is 1. The standard InChI is InChI=1S/C19H16N6O2S/c20-9-12-1-6-16-18(7-12)25(14-3-4-14)19(23-16)24-11-21-15-5-2-13(8-17(15)24)10-22-28(26)27/h1-2,5-8,11,14,22H,3-4,10H2,(H,26,27). The number of nitrogens with one attached hydrogen (secondary N) is 1. The van der Waals surface area contributed by atoms with Gasteiger partial charge in [0.25, 0.3) is 0 Å². The van der Waals surface area contributed by atoms with Crippen LogP contribution in [0.2, 0.25) is 0 Å². The van der Waals surface area contributed by atoms with E-state index in [9.17, 15) is 9.47 Å². The van der Waals surface area contributed by atoms with Gasteiger partial charge in [-0.25, -0.2) is 18.9 Å². The van der Waals surface area contributed by atoms with Crippen molar-refractivity contribution in [2.45, 2.75) is 25.4 Å². The lowest BCUT2D eigenvalue weighted by atomic mass is 10.2. The molecule has 28 heavy (non-hydrogen) atoms. The number of aromatic nitrogens is 4. The summed E-state index contributed by atoms with van der Waals surface area (Å²) < 4.78 is 26.5. The zero-order valence-corrected chi connectivity index (χ0v) is 15.6. The number of imidazole rings is 2. The largest absolute Gasteiger partial charge is 0.306 e. The van der Waals surface area contributed by atoms with Gasteiger partial charge in [-0.2, -0.15) is 5.26 Å². The highest BCUT2D eigenvalue weighted by molar-refractivity contribution is 7.77. The van der Waals surface area contributed by atoms with Crippen molar-refractivity contribution in [2.24, 2.45) is 0 Å². The van der Waals surface area contributed by atoms with Crippen molar-refractivity contribution in [1.29, 1.82) is 5.26 Å². The van der Waals surface area contributed by atoms with Gasteiger partial charge in [0, 0.05) is 12.6 Å². The maximum absolute atomic E-state index is 10.9. The van der Waals surface area contributed by atoms with E-state index in [0.29, 0.717) is 11.6 Å². The van der Waals surface area contributed by atoms with Gasteiger partial charge < -0.3 is 4.57 Å². The fourth-order valence-electron chi connectivity index (χ4n) is 3.48. The fraction of sp³-hybridized carbons (Fsp3) is 0.211. The average Bonchev–Trinajstić information content (AvgIpc) is 3.34. The van der Waals surface area contributed by atoms with Crippen LogP contribution in [0.5, 0.6) is 0 Å². The van der Waals surface area contributed by atoms with E-state index in [-0.39, 0.29) is 6.54 Å². The van der Waals surface area contributed by atoms with E-state index in [1.807, 2.05) is 34.9 Å². The van der Waals surface area contributed by atoms with Crippen LogP contribution in [0, 0.1) is 11.3 Å². The van der Waals surface area contributed by atoms with Crippen LogP contribution >= 0.6 is 0 Å². The van der Waals surface area contributed by atoms with Gasteiger partial charge >= 0.3 is 0 Å². The predicted octanol–water partition coefficient (Wildman–Crippen LogP) is 2.81. The molecule has 0 saturated heterocycles. The van der Waals surface area contributed by atoms with Gasteiger partial charge in [0.1, 0.15) is 6.33 Å². The first-order valence-corrected chi connectivity index (χ1v) is 9.97. The Kier molecular flexibility index (Phi) is 3.98. The summed E-state index contributed by atoms with van der Waals surface area (Å²) in [6.07, 6.45) is 3.91. The van der Waals surface area contributed by atoms with E-state index in [1.54, 1.807) is 12.4 Å². The van der Waals surface area contributed by atoms with Gasteiger partial charge in [0.2, 0.25) is 17.2 Å². The highest BCUT2D eigenvalue weighted by atomic mass is 32.2. The van der Waals surface area contributed by atoms with Crippen molar-refractivity contribution in [2.75, 3.05) is 0 Å². The summed E-state index contributed by atoms with van der Waals surface area (Å²) in [6, 6.07) is 13.8. The molecule has 2 aromatic carbocycles. The number of benzene rings is 2. The van der Waals surface area contributed by atoms with Crippen molar-refractivity contribution >= 4 is 33.3 Å². The lowest BCUT2D eigenvalue weighted by Crippen LogP contribution is -2.15. The minimum Gasteiger partial charge on any atom is -0.306 e. The Morgan fingerprint density at radius 2 is 2.04 bits per heavy atom. The molecule has 1 fully saturated rings. The number of fused-ring (bicyclic) bond motifs is 2. The van der Waals surface area contributed by atoms with Gasteiger partial charge in [0.05, 0.1) is 33.7 Å². The van der Waals surface area contributed by atoms with Crippen molar-refractivity contribution < 1.29 is 8.76 Å². The zero-order valence-electron chi connectivity index (χ0n) is 14.7. The van der Waals surface area contributed by atoms with E-state index in [0.717, 1.165) is 46.4 Å². The fourth-order valence-corrected chi connectivity index (χ4v) is 3.77. The Labute approximate surface area is 162 Å². The predicted molar refractivity (Wildman–Crippen MR) is 105 cm³/mol. The third-order valence-corrected chi connectivity index (χ3v) is 5.33. The number of hydrogen-bond donors (Lipinski definition) is 2. The second-order valence-corrected chi connectivity index (χ2v) is 7.62. The molecule has 5 rings (SSSR count). The van der Waals surface area contributed by atoms with Crippen LogP contribution in [0.1, 0.15) is 30.0 Å². The lowest BCUT2D eigenvalue weighted by Gasteiger charge is -2.09. The van der Waals surface area contributed by atoms with Gasteiger partial charge in [-0.05, 0) is 48.7 Å². The Balaban J connectivity index is 1.68. The van der Waals surface area contributed by atoms with Crippen LogP contribution in [0.4, 0.5) is 0 Å². The van der Waals surface area contributed by atoms with Crippen molar-refractivity contribution in [3.05, 3.63) is 53.9 Å².